The molecule has 0 radical (unpaired) electrons. The average molecular weight is 1070 g/mol. The second-order valence-corrected chi connectivity index (χ2v) is 25.6. The Kier molecular flexibility index (Phi) is 16.9. The van der Waals surface area contributed by atoms with Gasteiger partial charge in [-0.05, 0) is 62.9 Å². The smallest absolute Gasteiger partial charge is 0.338 e. The van der Waals surface area contributed by atoms with Gasteiger partial charge in [-0.2, -0.15) is 55.1 Å². The Morgan fingerprint density at radius 3 is 1.72 bits per heavy atom. The normalized spacial score (nSPS) is 17.6. The monoisotopic (exact) mass is 1070 g/mol. The summed E-state index contributed by atoms with van der Waals surface area (Å²) >= 11 is 0. The van der Waals surface area contributed by atoms with Crippen molar-refractivity contribution >= 4 is 83.8 Å². The highest BCUT2D eigenvalue weighted by molar-refractivity contribution is 7.87. The Balaban J connectivity index is 1.96. The minimum absolute atomic E-state index is 0.0104. The molecule has 0 saturated heterocycles. The molecule has 67 heavy (non-hydrogen) atoms. The van der Waals surface area contributed by atoms with E-state index in [4.69, 9.17) is 18.6 Å². The van der Waals surface area contributed by atoms with Crippen molar-refractivity contribution in [3.8, 4) is 0 Å². The van der Waals surface area contributed by atoms with Crippen LogP contribution in [-0.2, 0) is 81.0 Å². The third kappa shape index (κ3) is 14.6. The summed E-state index contributed by atoms with van der Waals surface area (Å²) in [7, 11) is -28.1. The maximum absolute atomic E-state index is 13.6. The van der Waals surface area contributed by atoms with Crippen LogP contribution in [-0.4, -0.2) is 149 Å². The molecule has 376 valence electrons. The second-order valence-electron chi connectivity index (χ2n) is 16.5. The molecule has 0 bridgehead atoms. The molecule has 1 unspecified atom stereocenters. The number of hydrogen-bond donors (Lipinski definition) is 7. The highest BCUT2D eigenvalue weighted by Crippen LogP contribution is 2.52. The van der Waals surface area contributed by atoms with Gasteiger partial charge in [-0.1, -0.05) is 19.9 Å². The molecule has 2 heterocycles. The van der Waals surface area contributed by atoms with Crippen LogP contribution in [0, 0.1) is 0 Å². The van der Waals surface area contributed by atoms with Crippen LogP contribution >= 0.6 is 0 Å². The van der Waals surface area contributed by atoms with E-state index in [1.54, 1.807) is 27.7 Å². The van der Waals surface area contributed by atoms with Gasteiger partial charge in [0.1, 0.15) is 11.4 Å². The molecule has 7 N–H and O–H groups in total. The zero-order chi connectivity index (χ0) is 50.9. The Hall–Kier alpha value is -3.76. The van der Waals surface area contributed by atoms with Crippen molar-refractivity contribution in [1.82, 2.24) is 0 Å². The molecular formula is C37H51N2O22S6+. The van der Waals surface area contributed by atoms with E-state index in [9.17, 15) is 78.6 Å². The van der Waals surface area contributed by atoms with E-state index in [1.165, 1.54) is 27.7 Å². The summed E-state index contributed by atoms with van der Waals surface area (Å²) in [6.07, 6.45) is 1.15. The van der Waals surface area contributed by atoms with Gasteiger partial charge in [0, 0.05) is 47.5 Å². The highest BCUT2D eigenvalue weighted by Gasteiger charge is 2.49. The minimum Gasteiger partial charge on any atom is -0.462 e. The lowest BCUT2D eigenvalue weighted by Gasteiger charge is -2.27. The van der Waals surface area contributed by atoms with Gasteiger partial charge in [0.2, 0.25) is 5.69 Å². The van der Waals surface area contributed by atoms with Crippen LogP contribution in [0.3, 0.4) is 0 Å². The first kappa shape index (κ1) is 55.8. The van der Waals surface area contributed by atoms with Crippen LogP contribution < -0.4 is 4.90 Å². The maximum atomic E-state index is 13.6. The average Bonchev–Trinajstić information content (AvgIpc) is 3.50. The Morgan fingerprint density at radius 1 is 0.672 bits per heavy atom. The number of ether oxygens (including phenoxy) is 2. The lowest BCUT2D eigenvalue weighted by Crippen LogP contribution is -2.30. The summed E-state index contributed by atoms with van der Waals surface area (Å²) < 4.78 is 212. The summed E-state index contributed by atoms with van der Waals surface area (Å²) in [4.78, 5) is 13.5. The highest BCUT2D eigenvalue weighted by atomic mass is 32.2. The van der Waals surface area contributed by atoms with E-state index in [-0.39, 0.29) is 78.2 Å². The molecule has 1 atom stereocenters. The first-order valence-electron chi connectivity index (χ1n) is 19.8. The fraction of sp³-hybridized carbons (Fsp3) is 0.514. The molecule has 2 aliphatic heterocycles. The van der Waals surface area contributed by atoms with E-state index in [1.807, 2.05) is 0 Å². The van der Waals surface area contributed by atoms with E-state index < -0.39 is 135 Å². The van der Waals surface area contributed by atoms with Crippen LogP contribution in [0.4, 0.5) is 11.4 Å². The molecule has 0 saturated carbocycles. The Bertz CT molecular complexity index is 3070. The fourth-order valence-electron chi connectivity index (χ4n) is 7.96. The van der Waals surface area contributed by atoms with Crippen molar-refractivity contribution < 1.29 is 102 Å². The number of rotatable bonds is 23. The van der Waals surface area contributed by atoms with E-state index in [0.717, 1.165) is 24.3 Å². The molecule has 2 aromatic carbocycles. The number of aliphatic hydroxyl groups is 1. The molecule has 4 rings (SSSR count). The van der Waals surface area contributed by atoms with Crippen LogP contribution in [0.1, 0.15) is 86.7 Å². The van der Waals surface area contributed by atoms with Crippen molar-refractivity contribution in [3.05, 3.63) is 70.4 Å². The molecule has 0 aromatic heterocycles. The number of carbonyl (C=O) groups is 1. The minimum atomic E-state index is -5.06. The van der Waals surface area contributed by atoms with Gasteiger partial charge < -0.3 is 19.5 Å². The second kappa shape index (κ2) is 20.3. The number of benzene rings is 2. The molecule has 2 aliphatic rings. The molecular weight excluding hydrogens is 1020 g/mol. The van der Waals surface area contributed by atoms with Crippen LogP contribution in [0.15, 0.2) is 58.0 Å². The first-order valence-corrected chi connectivity index (χ1v) is 29.1. The molecule has 24 nitrogen and oxygen atoms in total. The predicted octanol–water partition coefficient (Wildman–Crippen LogP) is 2.07. The Labute approximate surface area is 388 Å². The van der Waals surface area contributed by atoms with Gasteiger partial charge in [0.05, 0.1) is 57.7 Å². The standard InChI is InChI=1S/C37H50N2O22S6/c1-36(2)30(38(12-6-16-62(42,43)44)28-22-24(66(54,55)56)20-26(32(28)36)34(40)60-14-8-18-64(48,49)50)10-5-11-31-37(3,4)33-27(35(41)61-15-9-19-65(51,52)53)21-25(67(57,58)59)23-29(33)39(31)13-7-17-63(45,46)47/h5,10-11,20-23,34,40H,6-9,12-19H2,1-4H3,(H5-,42,43,44,45,46,47,48,49,50,51,52,53,54,55,56,57,58,59)/p+1. The largest absolute Gasteiger partial charge is 0.462 e. The zero-order valence-electron chi connectivity index (χ0n) is 36.2. The van der Waals surface area contributed by atoms with E-state index in [0.29, 0.717) is 0 Å². The molecule has 2 aromatic rings. The molecule has 30 heteroatoms. The summed E-state index contributed by atoms with van der Waals surface area (Å²) in [5, 5.41) is 11.3. The topological polar surface area (TPSA) is 388 Å². The number of aliphatic hydroxyl groups excluding tert-OH is 1. The van der Waals surface area contributed by atoms with Crippen molar-refractivity contribution in [2.45, 2.75) is 80.3 Å². The van der Waals surface area contributed by atoms with Gasteiger partial charge >= 0.3 is 5.97 Å². The number of fused-ring (bicyclic) bond motifs is 2. The first-order chi connectivity index (χ1) is 30.3. The fourth-order valence-corrected chi connectivity index (χ4v) is 11.0. The zero-order valence-corrected chi connectivity index (χ0v) is 41.1. The molecule has 0 aliphatic carbocycles. The van der Waals surface area contributed by atoms with E-state index >= 15 is 0 Å². The molecule has 0 spiro atoms. The van der Waals surface area contributed by atoms with Crippen molar-refractivity contribution in [3.63, 3.8) is 0 Å². The third-order valence-corrected chi connectivity index (χ3v) is 15.5. The number of allylic oxidation sites excluding steroid dienone is 4. The number of anilines is 1. The number of carbonyl (C=O) groups excluding carboxylic acids is 1. The van der Waals surface area contributed by atoms with Gasteiger partial charge in [-0.25, -0.2) is 4.79 Å². The quantitative estimate of drug-likeness (QED) is 0.0275. The summed E-state index contributed by atoms with van der Waals surface area (Å²) in [5.74, 6) is -4.26. The van der Waals surface area contributed by atoms with Gasteiger partial charge in [-0.3, -0.25) is 27.3 Å². The van der Waals surface area contributed by atoms with Crippen LogP contribution in [0.25, 0.3) is 0 Å². The number of nitrogens with zero attached hydrogens (tertiary/aromatic N) is 2. The van der Waals surface area contributed by atoms with Gasteiger partial charge in [0.25, 0.3) is 60.7 Å². The predicted molar refractivity (Wildman–Crippen MR) is 238 cm³/mol. The van der Waals surface area contributed by atoms with Gasteiger partial charge in [0.15, 0.2) is 12.0 Å². The third-order valence-electron chi connectivity index (χ3n) is 10.7. The lowest BCUT2D eigenvalue weighted by atomic mass is 9.78. The summed E-state index contributed by atoms with van der Waals surface area (Å²) in [6, 6.07) is 3.78. The van der Waals surface area contributed by atoms with E-state index in [2.05, 4.69) is 0 Å². The Morgan fingerprint density at radius 2 is 1.18 bits per heavy atom. The lowest BCUT2D eigenvalue weighted by molar-refractivity contribution is -0.437. The van der Waals surface area contributed by atoms with Crippen molar-refractivity contribution in [1.29, 1.82) is 0 Å². The summed E-state index contributed by atoms with van der Waals surface area (Å²) in [6.45, 7) is 4.85. The van der Waals surface area contributed by atoms with Crippen molar-refractivity contribution in [2.75, 3.05) is 54.2 Å². The molecule has 0 amide bonds. The number of esters is 1. The van der Waals surface area contributed by atoms with Crippen molar-refractivity contribution in [2.24, 2.45) is 0 Å². The SMILES string of the molecule is CC1(C)C(/C=C/C=C2/N(CCCS(=O)(=O)O)c3cc(S(=O)(=O)O)cc(C(O)OCCCS(=O)(=O)O)c3C2(C)C)=[N+](CCCS(=O)(=O)O)c2cc(S(=O)(=O)O)cc(C(=O)OCCCS(=O)(=O)O)c21. The maximum Gasteiger partial charge on any atom is 0.338 e. The van der Waals surface area contributed by atoms with Gasteiger partial charge in [-0.15, -0.1) is 0 Å². The molecule has 0 fully saturated rings. The summed E-state index contributed by atoms with van der Waals surface area (Å²) in [5.41, 5.74) is -2.55. The van der Waals surface area contributed by atoms with Crippen LogP contribution in [0.5, 0.6) is 0 Å². The van der Waals surface area contributed by atoms with Crippen LogP contribution in [0.2, 0.25) is 0 Å². The number of hydrogen-bond acceptors (Lipinski definition) is 17.